The van der Waals surface area contributed by atoms with Crippen molar-refractivity contribution in [1.82, 2.24) is 0 Å². The average molecular weight is 336 g/mol. The largest absolute Gasteiger partial charge is 0.507 e. The maximum Gasteiger partial charge on any atom is 0.342 e. The molecule has 2 aliphatic rings. The molecule has 4 atom stereocenters. The standard InChI is InChI=1S/C18H24O6/c1-22-6-5-13-10-15-9-12(19)8-14(23-15)7-11-3-2-4-16(20)17(11)18(21)24-13/h2-4,12-15,19-20H,5-10H2,1H3. The van der Waals surface area contributed by atoms with Gasteiger partial charge in [-0.25, -0.2) is 4.79 Å². The summed E-state index contributed by atoms with van der Waals surface area (Å²) in [5, 5.41) is 20.3. The number of benzene rings is 1. The number of phenolic OH excluding ortho intramolecular Hbond substituents is 1. The van der Waals surface area contributed by atoms with Gasteiger partial charge in [0.15, 0.2) is 0 Å². The van der Waals surface area contributed by atoms with Crippen molar-refractivity contribution in [3.8, 4) is 5.75 Å². The molecule has 6 heteroatoms. The van der Waals surface area contributed by atoms with Gasteiger partial charge in [0.2, 0.25) is 0 Å². The molecule has 0 spiro atoms. The van der Waals surface area contributed by atoms with Gasteiger partial charge >= 0.3 is 5.97 Å². The van der Waals surface area contributed by atoms with Crippen LogP contribution in [0, 0.1) is 0 Å². The lowest BCUT2D eigenvalue weighted by Gasteiger charge is -2.36. The van der Waals surface area contributed by atoms with Crippen LogP contribution in [0.2, 0.25) is 0 Å². The van der Waals surface area contributed by atoms with Crippen LogP contribution in [-0.2, 0) is 20.6 Å². The number of esters is 1. The number of carbonyl (C=O) groups excluding carboxylic acids is 1. The van der Waals surface area contributed by atoms with Crippen molar-refractivity contribution in [1.29, 1.82) is 0 Å². The second-order valence-corrected chi connectivity index (χ2v) is 6.57. The molecule has 1 aromatic carbocycles. The number of rotatable bonds is 3. The lowest BCUT2D eigenvalue weighted by atomic mass is 9.91. The van der Waals surface area contributed by atoms with Crippen LogP contribution in [0.3, 0.4) is 0 Å². The Morgan fingerprint density at radius 2 is 2.04 bits per heavy atom. The zero-order valence-corrected chi connectivity index (χ0v) is 13.8. The molecule has 2 N–H and O–H groups in total. The summed E-state index contributed by atoms with van der Waals surface area (Å²) in [5.74, 6) is -0.596. The summed E-state index contributed by atoms with van der Waals surface area (Å²) < 4.78 is 16.8. The fourth-order valence-electron chi connectivity index (χ4n) is 3.58. The summed E-state index contributed by atoms with van der Waals surface area (Å²) in [6.07, 6.45) is 1.49. The third-order valence-corrected chi connectivity index (χ3v) is 4.68. The highest BCUT2D eigenvalue weighted by molar-refractivity contribution is 5.94. The monoisotopic (exact) mass is 336 g/mol. The van der Waals surface area contributed by atoms with E-state index in [0.29, 0.717) is 44.3 Å². The quantitative estimate of drug-likeness (QED) is 0.819. The average Bonchev–Trinajstić information content (AvgIpc) is 2.51. The van der Waals surface area contributed by atoms with Crippen LogP contribution < -0.4 is 0 Å². The van der Waals surface area contributed by atoms with E-state index in [0.717, 1.165) is 0 Å². The van der Waals surface area contributed by atoms with Crippen molar-refractivity contribution in [2.24, 2.45) is 0 Å². The van der Waals surface area contributed by atoms with Crippen LogP contribution in [0.15, 0.2) is 18.2 Å². The molecule has 0 amide bonds. The topological polar surface area (TPSA) is 85.2 Å². The number of ether oxygens (including phenoxy) is 3. The van der Waals surface area contributed by atoms with Gasteiger partial charge < -0.3 is 24.4 Å². The van der Waals surface area contributed by atoms with E-state index < -0.39 is 12.1 Å². The molecule has 1 fully saturated rings. The van der Waals surface area contributed by atoms with Crippen molar-refractivity contribution in [2.75, 3.05) is 13.7 Å². The van der Waals surface area contributed by atoms with Crippen molar-refractivity contribution in [2.45, 2.75) is 56.5 Å². The number of phenols is 1. The molecule has 3 rings (SSSR count). The van der Waals surface area contributed by atoms with Crippen LogP contribution in [0.4, 0.5) is 0 Å². The zero-order chi connectivity index (χ0) is 17.1. The summed E-state index contributed by atoms with van der Waals surface area (Å²) in [5.41, 5.74) is 0.882. The number of hydrogen-bond donors (Lipinski definition) is 2. The number of aliphatic hydroxyl groups is 1. The number of fused-ring (bicyclic) bond motifs is 3. The Labute approximate surface area is 141 Å². The van der Waals surface area contributed by atoms with Gasteiger partial charge in [0, 0.05) is 26.6 Å². The van der Waals surface area contributed by atoms with Gasteiger partial charge in [0.1, 0.15) is 17.4 Å². The summed E-state index contributed by atoms with van der Waals surface area (Å²) in [6, 6.07) is 4.98. The maximum absolute atomic E-state index is 12.6. The Kier molecular flexibility index (Phi) is 5.38. The number of methoxy groups -OCH3 is 1. The van der Waals surface area contributed by atoms with Crippen LogP contribution in [0.25, 0.3) is 0 Å². The van der Waals surface area contributed by atoms with E-state index in [1.165, 1.54) is 6.07 Å². The van der Waals surface area contributed by atoms with Gasteiger partial charge in [0.25, 0.3) is 0 Å². The zero-order valence-electron chi connectivity index (χ0n) is 13.8. The molecule has 2 bridgehead atoms. The molecule has 2 heterocycles. The summed E-state index contributed by atoms with van der Waals surface area (Å²) >= 11 is 0. The molecule has 132 valence electrons. The molecule has 1 saturated heterocycles. The van der Waals surface area contributed by atoms with E-state index in [2.05, 4.69) is 0 Å². The summed E-state index contributed by atoms with van der Waals surface area (Å²) in [4.78, 5) is 12.6. The van der Waals surface area contributed by atoms with Crippen LogP contribution >= 0.6 is 0 Å². The highest BCUT2D eigenvalue weighted by Gasteiger charge is 2.34. The lowest BCUT2D eigenvalue weighted by molar-refractivity contribution is -0.111. The van der Waals surface area contributed by atoms with Gasteiger partial charge in [-0.3, -0.25) is 0 Å². The molecule has 4 unspecified atom stereocenters. The van der Waals surface area contributed by atoms with Gasteiger partial charge in [-0.2, -0.15) is 0 Å². The first-order valence-electron chi connectivity index (χ1n) is 8.41. The first kappa shape index (κ1) is 17.2. The fraction of sp³-hybridized carbons (Fsp3) is 0.611. The van der Waals surface area contributed by atoms with E-state index in [-0.39, 0.29) is 29.6 Å². The van der Waals surface area contributed by atoms with E-state index in [1.54, 1.807) is 19.2 Å². The minimum Gasteiger partial charge on any atom is -0.507 e. The van der Waals surface area contributed by atoms with E-state index in [4.69, 9.17) is 14.2 Å². The number of aliphatic hydroxyl groups excluding tert-OH is 1. The smallest absolute Gasteiger partial charge is 0.342 e. The highest BCUT2D eigenvalue weighted by atomic mass is 16.6. The number of carbonyl (C=O) groups is 1. The van der Waals surface area contributed by atoms with E-state index >= 15 is 0 Å². The predicted molar refractivity (Wildman–Crippen MR) is 86.0 cm³/mol. The number of hydrogen-bond acceptors (Lipinski definition) is 6. The Bertz CT molecular complexity index is 587. The molecule has 0 saturated carbocycles. The first-order valence-corrected chi connectivity index (χ1v) is 8.41. The third-order valence-electron chi connectivity index (χ3n) is 4.68. The van der Waals surface area contributed by atoms with Crippen molar-refractivity contribution >= 4 is 5.97 Å². The Morgan fingerprint density at radius 1 is 1.25 bits per heavy atom. The predicted octanol–water partition coefficient (Wildman–Crippen LogP) is 1.81. The van der Waals surface area contributed by atoms with Crippen molar-refractivity contribution in [3.05, 3.63) is 29.3 Å². The molecule has 2 aliphatic heterocycles. The minimum absolute atomic E-state index is 0.0866. The molecule has 24 heavy (non-hydrogen) atoms. The molecular formula is C18H24O6. The van der Waals surface area contributed by atoms with E-state index in [1.807, 2.05) is 0 Å². The third kappa shape index (κ3) is 3.88. The second-order valence-electron chi connectivity index (χ2n) is 6.57. The van der Waals surface area contributed by atoms with Gasteiger partial charge in [-0.05, 0) is 30.9 Å². The molecule has 1 aromatic rings. The first-order chi connectivity index (χ1) is 11.6. The highest BCUT2D eigenvalue weighted by Crippen LogP contribution is 2.31. The van der Waals surface area contributed by atoms with Crippen LogP contribution in [-0.4, -0.2) is 54.3 Å². The normalized spacial score (nSPS) is 30.3. The Hall–Kier alpha value is -1.63. The van der Waals surface area contributed by atoms with Crippen LogP contribution in [0.5, 0.6) is 5.75 Å². The van der Waals surface area contributed by atoms with Crippen LogP contribution in [0.1, 0.15) is 41.6 Å². The molecule has 0 radical (unpaired) electrons. The Balaban J connectivity index is 1.92. The Morgan fingerprint density at radius 3 is 2.83 bits per heavy atom. The van der Waals surface area contributed by atoms with Crippen molar-refractivity contribution < 1.29 is 29.2 Å². The fourth-order valence-corrected chi connectivity index (χ4v) is 3.58. The number of cyclic esters (lactones) is 1. The van der Waals surface area contributed by atoms with Crippen molar-refractivity contribution in [3.63, 3.8) is 0 Å². The molecule has 0 aromatic heterocycles. The molecule has 6 nitrogen and oxygen atoms in total. The summed E-state index contributed by atoms with van der Waals surface area (Å²) in [6.45, 7) is 0.463. The lowest BCUT2D eigenvalue weighted by Crippen LogP contribution is -2.40. The van der Waals surface area contributed by atoms with Gasteiger partial charge in [0.05, 0.1) is 18.3 Å². The second kappa shape index (κ2) is 7.51. The van der Waals surface area contributed by atoms with E-state index in [9.17, 15) is 15.0 Å². The molecular weight excluding hydrogens is 312 g/mol. The molecule has 0 aliphatic carbocycles. The van der Waals surface area contributed by atoms with Gasteiger partial charge in [-0.1, -0.05) is 12.1 Å². The van der Waals surface area contributed by atoms with Gasteiger partial charge in [-0.15, -0.1) is 0 Å². The maximum atomic E-state index is 12.6. The minimum atomic E-state index is -0.510. The SMILES string of the molecule is COCCC1CC2CC(O)CC(Cc3cccc(O)c3C(=O)O1)O2. The summed E-state index contributed by atoms with van der Waals surface area (Å²) in [7, 11) is 1.60. The number of aromatic hydroxyl groups is 1.